The predicted molar refractivity (Wildman–Crippen MR) is 81.6 cm³/mol. The van der Waals surface area contributed by atoms with Gasteiger partial charge in [-0.2, -0.15) is 4.98 Å². The fourth-order valence-corrected chi connectivity index (χ4v) is 1.77. The van der Waals surface area contributed by atoms with Gasteiger partial charge in [0.15, 0.2) is 0 Å². The summed E-state index contributed by atoms with van der Waals surface area (Å²) < 4.78 is 0. The van der Waals surface area contributed by atoms with Crippen molar-refractivity contribution in [3.8, 4) is 0 Å². The largest absolute Gasteiger partial charge is 0.369 e. The Kier molecular flexibility index (Phi) is 3.88. The fraction of sp³-hybridized carbons (Fsp3) is 0.467. The SMILES string of the molecule is CCC(C)(C)CNc1nc(NC)nc2ccccc12. The molecule has 2 rings (SSSR count). The molecule has 0 aliphatic rings. The van der Waals surface area contributed by atoms with Crippen LogP contribution < -0.4 is 10.6 Å². The van der Waals surface area contributed by atoms with Gasteiger partial charge in [0.1, 0.15) is 5.82 Å². The second kappa shape index (κ2) is 5.43. The molecule has 0 radical (unpaired) electrons. The predicted octanol–water partition coefficient (Wildman–Crippen LogP) is 3.52. The van der Waals surface area contributed by atoms with Crippen LogP contribution in [0.1, 0.15) is 27.2 Å². The Morgan fingerprint density at radius 3 is 2.58 bits per heavy atom. The maximum absolute atomic E-state index is 4.52. The molecule has 0 aliphatic heterocycles. The zero-order valence-electron chi connectivity index (χ0n) is 12.1. The average Bonchev–Trinajstić information content (AvgIpc) is 2.44. The fourth-order valence-electron chi connectivity index (χ4n) is 1.77. The molecule has 19 heavy (non-hydrogen) atoms. The van der Waals surface area contributed by atoms with Gasteiger partial charge >= 0.3 is 0 Å². The van der Waals surface area contributed by atoms with Crippen molar-refractivity contribution in [3.05, 3.63) is 24.3 Å². The van der Waals surface area contributed by atoms with Crippen molar-refractivity contribution >= 4 is 22.7 Å². The third kappa shape index (κ3) is 3.13. The van der Waals surface area contributed by atoms with Crippen molar-refractivity contribution in [2.45, 2.75) is 27.2 Å². The van der Waals surface area contributed by atoms with E-state index in [2.05, 4.69) is 47.4 Å². The van der Waals surface area contributed by atoms with E-state index in [9.17, 15) is 0 Å². The molecule has 0 bridgehead atoms. The second-order valence-electron chi connectivity index (χ2n) is 5.53. The van der Waals surface area contributed by atoms with Gasteiger partial charge in [-0.1, -0.05) is 32.9 Å². The van der Waals surface area contributed by atoms with Gasteiger partial charge in [0, 0.05) is 19.0 Å². The van der Waals surface area contributed by atoms with Crippen molar-refractivity contribution in [2.75, 3.05) is 24.2 Å². The molecule has 1 aromatic heterocycles. The van der Waals surface area contributed by atoms with Gasteiger partial charge < -0.3 is 10.6 Å². The quantitative estimate of drug-likeness (QED) is 0.861. The lowest BCUT2D eigenvalue weighted by Gasteiger charge is -2.23. The van der Waals surface area contributed by atoms with E-state index in [1.165, 1.54) is 0 Å². The molecule has 0 unspecified atom stereocenters. The first-order valence-electron chi connectivity index (χ1n) is 6.74. The van der Waals surface area contributed by atoms with E-state index in [1.54, 1.807) is 0 Å². The summed E-state index contributed by atoms with van der Waals surface area (Å²) in [5, 5.41) is 7.53. The Morgan fingerprint density at radius 2 is 1.89 bits per heavy atom. The number of hydrogen-bond acceptors (Lipinski definition) is 4. The van der Waals surface area contributed by atoms with Gasteiger partial charge in [0.25, 0.3) is 0 Å². The summed E-state index contributed by atoms with van der Waals surface area (Å²) in [4.78, 5) is 8.98. The molecule has 2 aromatic rings. The Bertz CT molecular complexity index is 563. The van der Waals surface area contributed by atoms with E-state index in [1.807, 2.05) is 25.2 Å². The van der Waals surface area contributed by atoms with Crippen molar-refractivity contribution in [1.82, 2.24) is 9.97 Å². The number of benzene rings is 1. The number of anilines is 2. The standard InChI is InChI=1S/C15H22N4/c1-5-15(2,3)10-17-13-11-8-6-7-9-12(11)18-14(16-4)19-13/h6-9H,5,10H2,1-4H3,(H2,16,17,18,19). The molecule has 4 heteroatoms. The summed E-state index contributed by atoms with van der Waals surface area (Å²) >= 11 is 0. The van der Waals surface area contributed by atoms with Crippen molar-refractivity contribution in [2.24, 2.45) is 5.41 Å². The molecule has 1 aromatic carbocycles. The van der Waals surface area contributed by atoms with E-state index in [-0.39, 0.29) is 5.41 Å². The van der Waals surface area contributed by atoms with Gasteiger partial charge in [-0.15, -0.1) is 0 Å². The highest BCUT2D eigenvalue weighted by atomic mass is 15.1. The number of nitrogens with zero attached hydrogens (tertiary/aromatic N) is 2. The normalized spacial score (nSPS) is 11.6. The van der Waals surface area contributed by atoms with Crippen LogP contribution >= 0.6 is 0 Å². The lowest BCUT2D eigenvalue weighted by atomic mass is 9.90. The molecule has 0 amide bonds. The Morgan fingerprint density at radius 1 is 1.16 bits per heavy atom. The number of fused-ring (bicyclic) bond motifs is 1. The monoisotopic (exact) mass is 258 g/mol. The van der Waals surface area contributed by atoms with E-state index >= 15 is 0 Å². The van der Waals surface area contributed by atoms with Crippen molar-refractivity contribution in [3.63, 3.8) is 0 Å². The molecule has 0 atom stereocenters. The van der Waals surface area contributed by atoms with Crippen LogP contribution in [-0.2, 0) is 0 Å². The van der Waals surface area contributed by atoms with E-state index in [0.29, 0.717) is 5.95 Å². The van der Waals surface area contributed by atoms with Crippen LogP contribution in [0.5, 0.6) is 0 Å². The molecule has 4 nitrogen and oxygen atoms in total. The summed E-state index contributed by atoms with van der Waals surface area (Å²) in [5.41, 5.74) is 1.21. The summed E-state index contributed by atoms with van der Waals surface area (Å²) in [6.07, 6.45) is 1.13. The van der Waals surface area contributed by atoms with Crippen LogP contribution in [0.2, 0.25) is 0 Å². The van der Waals surface area contributed by atoms with Gasteiger partial charge in [-0.05, 0) is 24.0 Å². The first-order chi connectivity index (χ1) is 9.05. The maximum atomic E-state index is 4.52. The van der Waals surface area contributed by atoms with Crippen LogP contribution in [0.4, 0.5) is 11.8 Å². The van der Waals surface area contributed by atoms with Gasteiger partial charge in [-0.25, -0.2) is 4.98 Å². The smallest absolute Gasteiger partial charge is 0.224 e. The molecule has 1 heterocycles. The molecule has 0 spiro atoms. The van der Waals surface area contributed by atoms with Crippen LogP contribution in [0.15, 0.2) is 24.3 Å². The number of nitrogens with one attached hydrogen (secondary N) is 2. The van der Waals surface area contributed by atoms with Crippen molar-refractivity contribution < 1.29 is 0 Å². The second-order valence-corrected chi connectivity index (χ2v) is 5.53. The third-order valence-corrected chi connectivity index (χ3v) is 3.52. The van der Waals surface area contributed by atoms with Crippen LogP contribution in [0, 0.1) is 5.41 Å². The number of aromatic nitrogens is 2. The van der Waals surface area contributed by atoms with Crippen LogP contribution in [-0.4, -0.2) is 23.6 Å². The van der Waals surface area contributed by atoms with Crippen molar-refractivity contribution in [1.29, 1.82) is 0 Å². The first-order valence-corrected chi connectivity index (χ1v) is 6.74. The Hall–Kier alpha value is -1.84. The maximum Gasteiger partial charge on any atom is 0.224 e. The highest BCUT2D eigenvalue weighted by molar-refractivity contribution is 5.89. The average molecular weight is 258 g/mol. The summed E-state index contributed by atoms with van der Waals surface area (Å²) in [5.74, 6) is 1.55. The molecule has 0 saturated heterocycles. The minimum Gasteiger partial charge on any atom is -0.369 e. The topological polar surface area (TPSA) is 49.8 Å². The summed E-state index contributed by atoms with van der Waals surface area (Å²) in [6, 6.07) is 8.07. The number of rotatable bonds is 5. The highest BCUT2D eigenvalue weighted by Crippen LogP contribution is 2.25. The number of para-hydroxylation sites is 1. The summed E-state index contributed by atoms with van der Waals surface area (Å²) in [7, 11) is 1.84. The molecule has 0 saturated carbocycles. The zero-order chi connectivity index (χ0) is 13.9. The lowest BCUT2D eigenvalue weighted by molar-refractivity contribution is 0.376. The highest BCUT2D eigenvalue weighted by Gasteiger charge is 2.16. The minimum absolute atomic E-state index is 0.256. The minimum atomic E-state index is 0.256. The Balaban J connectivity index is 2.35. The number of hydrogen-bond donors (Lipinski definition) is 2. The van der Waals surface area contributed by atoms with Gasteiger partial charge in [-0.3, -0.25) is 0 Å². The van der Waals surface area contributed by atoms with E-state index < -0.39 is 0 Å². The molecule has 102 valence electrons. The third-order valence-electron chi connectivity index (χ3n) is 3.52. The summed E-state index contributed by atoms with van der Waals surface area (Å²) in [6.45, 7) is 7.61. The first kappa shape index (κ1) is 13.6. The molecular formula is C15H22N4. The molecule has 0 fully saturated rings. The van der Waals surface area contributed by atoms with Gasteiger partial charge in [0.05, 0.1) is 5.52 Å². The van der Waals surface area contributed by atoms with E-state index in [4.69, 9.17) is 0 Å². The van der Waals surface area contributed by atoms with Gasteiger partial charge in [0.2, 0.25) is 5.95 Å². The molecular weight excluding hydrogens is 236 g/mol. The lowest BCUT2D eigenvalue weighted by Crippen LogP contribution is -2.22. The van der Waals surface area contributed by atoms with Crippen LogP contribution in [0.3, 0.4) is 0 Å². The molecule has 0 aliphatic carbocycles. The van der Waals surface area contributed by atoms with E-state index in [0.717, 1.165) is 29.7 Å². The Labute approximate surface area is 114 Å². The zero-order valence-corrected chi connectivity index (χ0v) is 12.1. The van der Waals surface area contributed by atoms with Crippen LogP contribution in [0.25, 0.3) is 10.9 Å². The molecule has 2 N–H and O–H groups in total.